The van der Waals surface area contributed by atoms with E-state index in [0.717, 1.165) is 167 Å². The summed E-state index contributed by atoms with van der Waals surface area (Å²) in [6.45, 7) is 6.10. The number of hydrogen-bond acceptors (Lipinski definition) is 27. The standard InChI is InChI=1S/C19H27F2N5O2.C19H29N5O2.C18H25F2N5O2.C17H26N4O2.C16H24N4O2/c1-10-3-4-11(5-13(10)27)24-15-12(14(22)28)6-23-16(25-15)26-19-7-18(8-19,9-19)17(2,20)21;1-24(2)18(26)13-6-8-14(9-7-13)22-19-21-11-15(17(20)25)16(23-19)10-12-4-3-5-12;1-16(19,20)17-7-18(8-17,9-17)25-14-12(13(21)27)6-22-15(24-14)23-10-2-4-11(26)5-3-10;18-16(23)14-10-19-17(20-12-5-1-2-6-12)21-15(14)9-11-4-3-7-13(22)8-11;1-16(5-6-16)20-15-18-9-12(14(17)22)13(19-15)8-10-3-2-4-11(21)7-10/h6,10-11,13,27H,3-5,7-9H2,1-2H3,(H2,22,28)(H2,23,24,25,26);11-14H,3-10H2,1-2H3,(H2,20,25)(H,21,22,23);6,10-11,26H,2-5,7-9H2,1H3,(H2,21,27)(H2,22,23,24,25);10-13,22H,1-9H2,(H2,18,23)(H,19,20,21);9-11,21H,2-8H2,1H3,(H2,17,22)(H,18,19,20)/t10-,11-,13-,18?,19?;;;11-,13+;10-,11+/m1..11/s1. The monoisotopic (exact) mass is 1760 g/mol. The molecule has 14 saturated carbocycles. The lowest BCUT2D eigenvalue weighted by Gasteiger charge is -2.72. The highest BCUT2D eigenvalue weighted by Crippen LogP contribution is 2.75. The van der Waals surface area contributed by atoms with Crippen molar-refractivity contribution in [2.45, 2.75) is 342 Å². The van der Waals surface area contributed by atoms with Gasteiger partial charge in [0.25, 0.3) is 41.4 Å². The molecule has 5 aromatic rings. The van der Waals surface area contributed by atoms with Crippen LogP contribution >= 0.6 is 0 Å². The van der Waals surface area contributed by atoms with Crippen molar-refractivity contribution < 1.29 is 66.8 Å². The quantitative estimate of drug-likeness (QED) is 0.0207. The Hall–Kier alpha value is -9.62. The van der Waals surface area contributed by atoms with Crippen LogP contribution in [0.1, 0.15) is 315 Å². The van der Waals surface area contributed by atoms with Gasteiger partial charge in [-0.25, -0.2) is 57.4 Å². The summed E-state index contributed by atoms with van der Waals surface area (Å²) < 4.78 is 54.8. The second-order valence-electron chi connectivity index (χ2n) is 39.5. The number of aliphatic hydroxyl groups excluding tert-OH is 4. The summed E-state index contributed by atoms with van der Waals surface area (Å²) in [5.41, 5.74) is 28.4. The number of hydrogen-bond donors (Lipinski definition) is 16. The van der Waals surface area contributed by atoms with Crippen molar-refractivity contribution in [3.63, 3.8) is 0 Å². The molecule has 690 valence electrons. The molecule has 14 aliphatic carbocycles. The summed E-state index contributed by atoms with van der Waals surface area (Å²) in [4.78, 5) is 116. The van der Waals surface area contributed by atoms with Gasteiger partial charge in [-0.1, -0.05) is 51.9 Å². The third-order valence-corrected chi connectivity index (χ3v) is 28.8. The van der Waals surface area contributed by atoms with Crippen LogP contribution in [0.25, 0.3) is 0 Å². The molecule has 0 radical (unpaired) electrons. The van der Waals surface area contributed by atoms with Gasteiger partial charge < -0.3 is 91.2 Å². The minimum atomic E-state index is -2.70. The van der Waals surface area contributed by atoms with Crippen LogP contribution in [0.4, 0.5) is 58.9 Å². The van der Waals surface area contributed by atoms with Crippen LogP contribution in [0.3, 0.4) is 0 Å². The molecule has 0 saturated heterocycles. The van der Waals surface area contributed by atoms with Crippen molar-refractivity contribution in [3.8, 4) is 0 Å². The molecule has 14 aliphatic rings. The molecule has 0 aliphatic heterocycles. The molecule has 7 atom stereocenters. The number of amides is 6. The zero-order valence-electron chi connectivity index (χ0n) is 73.6. The second kappa shape index (κ2) is 39.1. The van der Waals surface area contributed by atoms with Crippen LogP contribution in [0.2, 0.25) is 0 Å². The van der Waals surface area contributed by atoms with E-state index in [4.69, 9.17) is 28.7 Å². The number of rotatable bonds is 28. The Bertz CT molecular complexity index is 4640. The van der Waals surface area contributed by atoms with E-state index < -0.39 is 63.9 Å². The molecule has 37 heteroatoms. The minimum Gasteiger partial charge on any atom is -0.393 e. The van der Waals surface area contributed by atoms with Crippen molar-refractivity contribution >= 4 is 76.8 Å². The van der Waals surface area contributed by atoms with Gasteiger partial charge in [0.05, 0.1) is 69.3 Å². The average molecular weight is 1760 g/mol. The van der Waals surface area contributed by atoms with Gasteiger partial charge in [-0.2, -0.15) is 9.97 Å². The molecule has 0 unspecified atom stereocenters. The molecule has 21 N–H and O–H groups in total. The Labute approximate surface area is 733 Å². The lowest BCUT2D eigenvalue weighted by atomic mass is 9.37. The molecule has 33 nitrogen and oxygen atoms in total. The highest BCUT2D eigenvalue weighted by Gasteiger charge is 2.77. The van der Waals surface area contributed by atoms with Gasteiger partial charge in [0, 0.05) is 103 Å². The first kappa shape index (κ1) is 94.0. The summed E-state index contributed by atoms with van der Waals surface area (Å²) in [5, 5.41) is 62.3. The van der Waals surface area contributed by atoms with E-state index >= 15 is 0 Å². The fraction of sp³-hybridized carbons (Fsp3) is 0.708. The Morgan fingerprint density at radius 1 is 0.413 bits per heavy atom. The van der Waals surface area contributed by atoms with Gasteiger partial charge in [-0.05, 0) is 237 Å². The van der Waals surface area contributed by atoms with Crippen LogP contribution in [-0.2, 0) is 24.1 Å². The van der Waals surface area contributed by atoms with E-state index in [2.05, 4.69) is 94.0 Å². The number of carbonyl (C=O) groups is 6. The molecule has 5 aromatic heterocycles. The van der Waals surface area contributed by atoms with Crippen LogP contribution in [0.5, 0.6) is 0 Å². The first-order valence-electron chi connectivity index (χ1n) is 45.6. The minimum absolute atomic E-state index is 0.0240. The Kier molecular flexibility index (Phi) is 29.2. The fourth-order valence-electron chi connectivity index (χ4n) is 20.6. The number of anilines is 7. The van der Waals surface area contributed by atoms with E-state index in [0.29, 0.717) is 151 Å². The van der Waals surface area contributed by atoms with Crippen molar-refractivity contribution in [1.82, 2.24) is 54.7 Å². The van der Waals surface area contributed by atoms with Crippen molar-refractivity contribution in [2.75, 3.05) is 51.3 Å². The summed E-state index contributed by atoms with van der Waals surface area (Å²) in [6, 6.07) is 0.817. The molecule has 0 spiro atoms. The third kappa shape index (κ3) is 23.3. The number of carbonyl (C=O) groups excluding carboxylic acids is 6. The molecule has 126 heavy (non-hydrogen) atoms. The van der Waals surface area contributed by atoms with Crippen molar-refractivity contribution in [2.24, 2.45) is 69.1 Å². The molecule has 14 fully saturated rings. The smallest absolute Gasteiger partial charge is 0.254 e. The lowest BCUT2D eigenvalue weighted by molar-refractivity contribution is -0.258. The van der Waals surface area contributed by atoms with Crippen LogP contribution in [0, 0.1) is 40.4 Å². The highest BCUT2D eigenvalue weighted by atomic mass is 19.3. The molecule has 0 aromatic carbocycles. The Morgan fingerprint density at radius 3 is 1.19 bits per heavy atom. The number of nitrogens with zero attached hydrogens (tertiary/aromatic N) is 11. The summed E-state index contributed by atoms with van der Waals surface area (Å²) in [7, 11) is 3.62. The Balaban J connectivity index is 0.000000135. The molecule has 5 heterocycles. The number of nitrogens with two attached hydrogens (primary N) is 5. The average Bonchev–Trinajstić information content (AvgIpc) is 0.697. The van der Waals surface area contributed by atoms with E-state index in [-0.39, 0.29) is 76.4 Å². The SMILES string of the molecule is CC(F)(F)C12CC(Nc3nc(NC4CCC(O)CC4)ncc3C(N)=O)(C1)C2.CC1(Nc2ncc(C(N)=O)c(C[C@@H]3CCC[C@H](O)C3)n2)CC1.CN(C)C(=O)C1CCC(Nc2ncc(C(N)=O)c(CC3CCC3)n2)CC1.C[C@@H]1CC[C@@H](Nc2nc(NC34CC(C(C)(F)F)(C3)C4)ncc2C(N)=O)C[C@H]1O.NC(=O)c1cnc(NC2CCCC2)nc1C[C@@H]1CCC[C@H](O)C1. The zero-order valence-corrected chi connectivity index (χ0v) is 73.6. The van der Waals surface area contributed by atoms with Crippen molar-refractivity contribution in [1.29, 1.82) is 0 Å². The maximum atomic E-state index is 13.7. The van der Waals surface area contributed by atoms with Gasteiger partial charge >= 0.3 is 0 Å². The number of aliphatic hydroxyl groups is 4. The summed E-state index contributed by atoms with van der Waals surface area (Å²) in [6.07, 6.45) is 37.6. The van der Waals surface area contributed by atoms with Gasteiger partial charge in [0.15, 0.2) is 0 Å². The number of nitrogens with one attached hydrogen (secondary N) is 7. The maximum Gasteiger partial charge on any atom is 0.254 e. The molecule has 6 amide bonds. The van der Waals surface area contributed by atoms with Gasteiger partial charge in [0.2, 0.25) is 35.6 Å². The van der Waals surface area contributed by atoms with Gasteiger partial charge in [-0.3, -0.25) is 28.8 Å². The van der Waals surface area contributed by atoms with E-state index in [9.17, 15) is 66.8 Å². The predicted molar refractivity (Wildman–Crippen MR) is 467 cm³/mol. The number of aromatic nitrogens is 10. The van der Waals surface area contributed by atoms with E-state index in [1.54, 1.807) is 17.3 Å². The number of primary amides is 5. The van der Waals surface area contributed by atoms with Crippen LogP contribution < -0.4 is 65.9 Å². The molecular weight excluding hydrogens is 1630 g/mol. The normalized spacial score (nSPS) is 29.7. The first-order valence-corrected chi connectivity index (χ1v) is 45.6. The van der Waals surface area contributed by atoms with Crippen molar-refractivity contribution in [3.05, 3.63) is 75.9 Å². The van der Waals surface area contributed by atoms with Gasteiger partial charge in [0.1, 0.15) is 11.6 Å². The largest absolute Gasteiger partial charge is 0.393 e. The second-order valence-corrected chi connectivity index (χ2v) is 39.5. The highest BCUT2D eigenvalue weighted by molar-refractivity contribution is 5.98. The molecule has 19 rings (SSSR count). The lowest BCUT2D eigenvalue weighted by Crippen LogP contribution is -2.76. The summed E-state index contributed by atoms with van der Waals surface area (Å²) >= 11 is 0. The first-order chi connectivity index (χ1) is 59.6. The predicted octanol–water partition coefficient (Wildman–Crippen LogP) is 10.4. The van der Waals surface area contributed by atoms with E-state index in [1.165, 1.54) is 50.7 Å². The fourth-order valence-corrected chi connectivity index (χ4v) is 20.6. The van der Waals surface area contributed by atoms with Gasteiger partial charge in [-0.15, -0.1) is 0 Å². The molecule has 4 bridgehead atoms. The number of halogens is 4. The zero-order chi connectivity index (χ0) is 90.4. The number of alkyl halides is 4. The van der Waals surface area contributed by atoms with E-state index in [1.807, 2.05) is 21.0 Å². The van der Waals surface area contributed by atoms with Crippen LogP contribution in [0.15, 0.2) is 31.0 Å². The van der Waals surface area contributed by atoms with Crippen LogP contribution in [-0.4, -0.2) is 202 Å². The topological polar surface area (TPSA) is 530 Å². The molecular formula is C89H131F4N23O10. The summed E-state index contributed by atoms with van der Waals surface area (Å²) in [5.74, 6) is -3.25. The maximum absolute atomic E-state index is 13.7. The Morgan fingerprint density at radius 2 is 0.778 bits per heavy atom. The third-order valence-electron chi connectivity index (χ3n) is 28.8.